The smallest absolute Gasteiger partial charge is 0.295 e. The van der Waals surface area contributed by atoms with Crippen LogP contribution >= 0.6 is 11.8 Å². The fourth-order valence-electron chi connectivity index (χ4n) is 1.57. The van der Waals surface area contributed by atoms with Crippen LogP contribution in [0.2, 0.25) is 0 Å². The van der Waals surface area contributed by atoms with Gasteiger partial charge in [0, 0.05) is 24.5 Å². The Morgan fingerprint density at radius 3 is 2.89 bits per heavy atom. The van der Waals surface area contributed by atoms with Crippen LogP contribution in [0.5, 0.6) is 0 Å². The van der Waals surface area contributed by atoms with Gasteiger partial charge in [-0.3, -0.25) is 10.1 Å². The second-order valence-corrected chi connectivity index (χ2v) is 5.07. The highest BCUT2D eigenvalue weighted by atomic mass is 32.2. The Labute approximate surface area is 111 Å². The summed E-state index contributed by atoms with van der Waals surface area (Å²) in [5.41, 5.74) is 1.39. The van der Waals surface area contributed by atoms with Gasteiger partial charge in [0.15, 0.2) is 0 Å². The molecule has 100 valence electrons. The first-order valence-corrected chi connectivity index (χ1v) is 6.98. The number of rotatable bonds is 8. The van der Waals surface area contributed by atoms with E-state index in [1.54, 1.807) is 30.8 Å². The second kappa shape index (κ2) is 7.94. The number of nitro groups is 1. The van der Waals surface area contributed by atoms with E-state index in [1.165, 1.54) is 0 Å². The molecule has 1 rings (SSSR count). The number of benzene rings is 1. The molecule has 5 nitrogen and oxygen atoms in total. The van der Waals surface area contributed by atoms with Gasteiger partial charge in [-0.25, -0.2) is 0 Å². The molecule has 0 bridgehead atoms. The molecular weight excluding hydrogens is 252 g/mol. The lowest BCUT2D eigenvalue weighted by molar-refractivity contribution is -0.384. The highest BCUT2D eigenvalue weighted by molar-refractivity contribution is 7.99. The molecule has 0 saturated heterocycles. The molecule has 0 spiro atoms. The summed E-state index contributed by atoms with van der Waals surface area (Å²) in [4.78, 5) is 10.6. The third kappa shape index (κ3) is 4.54. The maximum Gasteiger partial charge on any atom is 0.295 e. The number of para-hydroxylation sites is 1. The molecule has 0 aliphatic carbocycles. The molecule has 2 N–H and O–H groups in total. The quantitative estimate of drug-likeness (QED) is 0.431. The van der Waals surface area contributed by atoms with Gasteiger partial charge in [-0.1, -0.05) is 12.1 Å². The van der Waals surface area contributed by atoms with Crippen molar-refractivity contribution < 1.29 is 10.0 Å². The third-order valence-electron chi connectivity index (χ3n) is 2.43. The molecule has 18 heavy (non-hydrogen) atoms. The Morgan fingerprint density at radius 2 is 2.22 bits per heavy atom. The van der Waals surface area contributed by atoms with Crippen molar-refractivity contribution in [2.45, 2.75) is 13.3 Å². The summed E-state index contributed by atoms with van der Waals surface area (Å²) in [6, 6.07) is 5.27. The lowest BCUT2D eigenvalue weighted by atomic mass is 10.1. The van der Waals surface area contributed by atoms with Gasteiger partial charge in [0.2, 0.25) is 0 Å². The summed E-state index contributed by atoms with van der Waals surface area (Å²) in [5, 5.41) is 22.7. The molecule has 0 fully saturated rings. The summed E-state index contributed by atoms with van der Waals surface area (Å²) in [7, 11) is 0. The minimum absolute atomic E-state index is 0.151. The van der Waals surface area contributed by atoms with Crippen molar-refractivity contribution in [2.24, 2.45) is 0 Å². The highest BCUT2D eigenvalue weighted by Gasteiger charge is 2.15. The minimum Gasteiger partial charge on any atom is -0.396 e. The monoisotopic (exact) mass is 270 g/mol. The number of nitrogens with zero attached hydrogens (tertiary/aromatic N) is 1. The van der Waals surface area contributed by atoms with E-state index in [-0.39, 0.29) is 17.2 Å². The van der Waals surface area contributed by atoms with Crippen molar-refractivity contribution in [1.82, 2.24) is 0 Å². The van der Waals surface area contributed by atoms with Crippen LogP contribution in [-0.4, -0.2) is 34.7 Å². The van der Waals surface area contributed by atoms with Crippen molar-refractivity contribution in [3.8, 4) is 0 Å². The zero-order valence-corrected chi connectivity index (χ0v) is 11.2. The van der Waals surface area contributed by atoms with E-state index in [0.29, 0.717) is 17.8 Å². The Bertz CT molecular complexity index is 399. The third-order valence-corrected chi connectivity index (χ3v) is 3.50. The molecule has 0 aliphatic rings. The molecule has 1 aromatic rings. The van der Waals surface area contributed by atoms with Crippen molar-refractivity contribution in [3.63, 3.8) is 0 Å². The molecule has 0 amide bonds. The van der Waals surface area contributed by atoms with E-state index in [2.05, 4.69) is 5.32 Å². The van der Waals surface area contributed by atoms with E-state index in [4.69, 9.17) is 5.11 Å². The molecule has 0 unspecified atom stereocenters. The van der Waals surface area contributed by atoms with Crippen molar-refractivity contribution >= 4 is 23.1 Å². The summed E-state index contributed by atoms with van der Waals surface area (Å²) >= 11 is 1.72. The van der Waals surface area contributed by atoms with Crippen LogP contribution in [0.4, 0.5) is 11.4 Å². The van der Waals surface area contributed by atoms with E-state index in [1.807, 2.05) is 6.07 Å². The van der Waals surface area contributed by atoms with Gasteiger partial charge < -0.3 is 10.4 Å². The molecule has 0 saturated carbocycles. The van der Waals surface area contributed by atoms with Crippen LogP contribution < -0.4 is 5.32 Å². The first-order chi connectivity index (χ1) is 8.66. The predicted molar refractivity (Wildman–Crippen MR) is 75.4 cm³/mol. The summed E-state index contributed by atoms with van der Waals surface area (Å²) in [6.07, 6.45) is 0.787. The van der Waals surface area contributed by atoms with E-state index in [0.717, 1.165) is 17.9 Å². The molecular formula is C12H18N2O3S. The van der Waals surface area contributed by atoms with Crippen LogP contribution in [0, 0.1) is 17.0 Å². The average molecular weight is 270 g/mol. The Kier molecular flexibility index (Phi) is 6.53. The highest BCUT2D eigenvalue weighted by Crippen LogP contribution is 2.27. The maximum absolute atomic E-state index is 10.9. The normalized spacial score (nSPS) is 10.3. The van der Waals surface area contributed by atoms with Gasteiger partial charge in [-0.05, 0) is 25.2 Å². The number of aliphatic hydroxyl groups excluding tert-OH is 1. The van der Waals surface area contributed by atoms with Gasteiger partial charge in [0.25, 0.3) is 5.69 Å². The summed E-state index contributed by atoms with van der Waals surface area (Å²) in [5.74, 6) is 1.78. The molecule has 6 heteroatoms. The lowest BCUT2D eigenvalue weighted by Crippen LogP contribution is -2.07. The molecule has 0 aliphatic heterocycles. The van der Waals surface area contributed by atoms with Gasteiger partial charge in [0.05, 0.1) is 4.92 Å². The molecule has 0 atom stereocenters. The van der Waals surface area contributed by atoms with Crippen LogP contribution in [-0.2, 0) is 0 Å². The van der Waals surface area contributed by atoms with Crippen molar-refractivity contribution in [3.05, 3.63) is 33.9 Å². The first-order valence-electron chi connectivity index (χ1n) is 5.83. The fraction of sp³-hybridized carbons (Fsp3) is 0.500. The topological polar surface area (TPSA) is 75.4 Å². The lowest BCUT2D eigenvalue weighted by Gasteiger charge is -2.08. The van der Waals surface area contributed by atoms with Gasteiger partial charge in [0.1, 0.15) is 5.69 Å². The number of anilines is 1. The van der Waals surface area contributed by atoms with Crippen LogP contribution in [0.15, 0.2) is 18.2 Å². The van der Waals surface area contributed by atoms with Gasteiger partial charge >= 0.3 is 0 Å². The standard InChI is InChI=1S/C12H18N2O3S/c1-10-4-2-5-11(12(10)14(16)17)13-6-9-18-8-3-7-15/h2,4-5,13,15H,3,6-9H2,1H3. The van der Waals surface area contributed by atoms with Crippen LogP contribution in [0.1, 0.15) is 12.0 Å². The zero-order chi connectivity index (χ0) is 13.4. The molecule has 0 heterocycles. The number of aliphatic hydroxyl groups is 1. The predicted octanol–water partition coefficient (Wildman–Crippen LogP) is 2.43. The fourth-order valence-corrected chi connectivity index (χ4v) is 2.35. The number of nitrogens with one attached hydrogen (secondary N) is 1. The molecule has 0 radical (unpaired) electrons. The van der Waals surface area contributed by atoms with Gasteiger partial charge in [-0.15, -0.1) is 0 Å². The minimum atomic E-state index is -0.351. The zero-order valence-electron chi connectivity index (χ0n) is 10.4. The Morgan fingerprint density at radius 1 is 1.44 bits per heavy atom. The van der Waals surface area contributed by atoms with Crippen molar-refractivity contribution in [1.29, 1.82) is 0 Å². The van der Waals surface area contributed by atoms with Crippen molar-refractivity contribution in [2.75, 3.05) is 30.0 Å². The summed E-state index contributed by atoms with van der Waals surface area (Å²) < 4.78 is 0. The van der Waals surface area contributed by atoms with E-state index in [9.17, 15) is 10.1 Å². The number of hydrogen-bond donors (Lipinski definition) is 2. The SMILES string of the molecule is Cc1cccc(NCCSCCCO)c1[N+](=O)[O-]. The summed E-state index contributed by atoms with van der Waals surface area (Å²) in [6.45, 7) is 2.63. The largest absolute Gasteiger partial charge is 0.396 e. The first kappa shape index (κ1) is 14.8. The average Bonchev–Trinajstić information content (AvgIpc) is 2.33. The van der Waals surface area contributed by atoms with Crippen LogP contribution in [0.25, 0.3) is 0 Å². The van der Waals surface area contributed by atoms with E-state index >= 15 is 0 Å². The second-order valence-electron chi connectivity index (χ2n) is 3.84. The molecule has 0 aromatic heterocycles. The Hall–Kier alpha value is -1.27. The number of thioether (sulfide) groups is 1. The number of nitro benzene ring substituents is 1. The number of hydrogen-bond acceptors (Lipinski definition) is 5. The van der Waals surface area contributed by atoms with E-state index < -0.39 is 0 Å². The Balaban J connectivity index is 2.47. The molecule has 1 aromatic carbocycles. The number of aryl methyl sites for hydroxylation is 1. The van der Waals surface area contributed by atoms with Gasteiger partial charge in [-0.2, -0.15) is 11.8 Å². The maximum atomic E-state index is 10.9. The van der Waals surface area contributed by atoms with Crippen LogP contribution in [0.3, 0.4) is 0 Å².